The number of fused-ring (bicyclic) bond motifs is 2. The van der Waals surface area contributed by atoms with Crippen LogP contribution in [0.2, 0.25) is 0 Å². The van der Waals surface area contributed by atoms with Crippen molar-refractivity contribution in [3.63, 3.8) is 0 Å². The van der Waals surface area contributed by atoms with Gasteiger partial charge in [-0.3, -0.25) is 9.59 Å². The molecule has 8 nitrogen and oxygen atoms in total. The number of ketones is 1. The van der Waals surface area contributed by atoms with Crippen LogP contribution in [0.25, 0.3) is 5.57 Å². The molecular formula is C28H33N5O3. The van der Waals surface area contributed by atoms with E-state index in [4.69, 9.17) is 4.74 Å². The molecular weight excluding hydrogens is 454 g/mol. The molecule has 5 heterocycles. The average Bonchev–Trinajstić information content (AvgIpc) is 2.88. The summed E-state index contributed by atoms with van der Waals surface area (Å²) in [6, 6.07) is 7.88. The van der Waals surface area contributed by atoms with E-state index in [1.54, 1.807) is 6.20 Å². The first kappa shape index (κ1) is 23.2. The Morgan fingerprint density at radius 3 is 2.78 bits per heavy atom. The van der Waals surface area contributed by atoms with Gasteiger partial charge in [-0.05, 0) is 75.4 Å². The number of hydrogen-bond acceptors (Lipinski definition) is 7. The van der Waals surface area contributed by atoms with Crippen LogP contribution in [0.15, 0.2) is 36.5 Å². The third-order valence-corrected chi connectivity index (χ3v) is 8.03. The second kappa shape index (κ2) is 9.33. The van der Waals surface area contributed by atoms with Crippen molar-refractivity contribution in [1.82, 2.24) is 15.2 Å². The Balaban J connectivity index is 1.26. The number of Topliss-reactive ketones (excluding diaryl/α,β-unsaturated/α-hetero) is 1. The van der Waals surface area contributed by atoms with Gasteiger partial charge in [-0.1, -0.05) is 12.1 Å². The van der Waals surface area contributed by atoms with Crippen molar-refractivity contribution < 1.29 is 14.3 Å². The number of aromatic nitrogens is 1. The Hall–Kier alpha value is -3.23. The van der Waals surface area contributed by atoms with Crippen molar-refractivity contribution in [3.8, 4) is 5.75 Å². The van der Waals surface area contributed by atoms with Crippen molar-refractivity contribution in [2.75, 3.05) is 50.4 Å². The number of likely N-dealkylation sites (tertiary alicyclic amines) is 1. The first-order valence-corrected chi connectivity index (χ1v) is 13.0. The van der Waals surface area contributed by atoms with Gasteiger partial charge in [0.2, 0.25) is 5.91 Å². The smallest absolute Gasteiger partial charge is 0.227 e. The van der Waals surface area contributed by atoms with Gasteiger partial charge in [0.15, 0.2) is 5.78 Å². The molecule has 0 atom stereocenters. The van der Waals surface area contributed by atoms with Gasteiger partial charge in [0, 0.05) is 30.9 Å². The number of amides is 1. The topological polar surface area (TPSA) is 95.6 Å². The molecule has 4 aliphatic heterocycles. The molecule has 0 aliphatic carbocycles. The maximum Gasteiger partial charge on any atom is 0.227 e. The van der Waals surface area contributed by atoms with E-state index < -0.39 is 5.60 Å². The lowest BCUT2D eigenvalue weighted by Gasteiger charge is -2.41. The Bertz CT molecular complexity index is 1230. The van der Waals surface area contributed by atoms with Crippen molar-refractivity contribution in [1.29, 1.82) is 0 Å². The molecule has 1 spiro atoms. The number of nitrogens with zero attached hydrogens (tertiary/aromatic N) is 2. The van der Waals surface area contributed by atoms with Crippen LogP contribution in [0.3, 0.4) is 0 Å². The Kier molecular flexibility index (Phi) is 6.01. The highest BCUT2D eigenvalue weighted by Crippen LogP contribution is 2.41. The monoisotopic (exact) mass is 487 g/mol. The first-order chi connectivity index (χ1) is 17.5. The van der Waals surface area contributed by atoms with E-state index >= 15 is 0 Å². The fourth-order valence-corrected chi connectivity index (χ4v) is 5.85. The summed E-state index contributed by atoms with van der Waals surface area (Å²) in [4.78, 5) is 32.7. The molecule has 2 saturated heterocycles. The summed E-state index contributed by atoms with van der Waals surface area (Å²) in [6.45, 7) is 4.27. The summed E-state index contributed by atoms with van der Waals surface area (Å²) in [7, 11) is 2.09. The number of anilines is 2. The molecule has 36 heavy (non-hydrogen) atoms. The van der Waals surface area contributed by atoms with E-state index in [0.29, 0.717) is 30.0 Å². The third kappa shape index (κ3) is 4.40. The second-order valence-corrected chi connectivity index (χ2v) is 10.5. The zero-order valence-corrected chi connectivity index (χ0v) is 20.7. The van der Waals surface area contributed by atoms with E-state index in [0.717, 1.165) is 74.4 Å². The Labute approximate surface area is 211 Å². The molecule has 2 fully saturated rings. The van der Waals surface area contributed by atoms with Gasteiger partial charge in [0.05, 0.1) is 23.9 Å². The van der Waals surface area contributed by atoms with Crippen molar-refractivity contribution in [2.24, 2.45) is 5.92 Å². The van der Waals surface area contributed by atoms with Crippen molar-refractivity contribution in [3.05, 3.63) is 53.2 Å². The predicted octanol–water partition coefficient (Wildman–Crippen LogP) is 3.31. The van der Waals surface area contributed by atoms with Gasteiger partial charge in [-0.2, -0.15) is 0 Å². The SMILES string of the molecule is CN1CCC(C(=O)Nc2cnc3c(c2)C(c2ccc4c(c2)OC2(CCNCC2)CC4=O)=CCN3)CC1. The van der Waals surface area contributed by atoms with Gasteiger partial charge >= 0.3 is 0 Å². The van der Waals surface area contributed by atoms with Crippen LogP contribution in [-0.4, -0.2) is 66.9 Å². The van der Waals surface area contributed by atoms with Crippen molar-refractivity contribution >= 4 is 28.8 Å². The summed E-state index contributed by atoms with van der Waals surface area (Å²) in [5, 5.41) is 9.79. The Morgan fingerprint density at radius 1 is 1.17 bits per heavy atom. The van der Waals surface area contributed by atoms with Crippen LogP contribution < -0.4 is 20.7 Å². The average molecular weight is 488 g/mol. The molecule has 4 aliphatic rings. The van der Waals surface area contributed by atoms with Gasteiger partial charge in [-0.15, -0.1) is 0 Å². The second-order valence-electron chi connectivity index (χ2n) is 10.5. The molecule has 8 heteroatoms. The minimum Gasteiger partial charge on any atom is -0.486 e. The number of rotatable bonds is 3. The summed E-state index contributed by atoms with van der Waals surface area (Å²) in [6.07, 6.45) is 7.71. The molecule has 0 radical (unpaired) electrons. The fourth-order valence-electron chi connectivity index (χ4n) is 5.85. The standard InChI is InChI=1S/C28H33N5O3/c1-33-12-5-18(6-13-33)27(35)32-20-15-23-21(4-9-30-26(23)31-17-20)19-2-3-22-24(34)16-28(36-25(22)14-19)7-10-29-11-8-28/h2-4,14-15,17-18,29H,5-13,16H2,1H3,(H,30,31)(H,32,35). The van der Waals surface area contributed by atoms with E-state index in [2.05, 4.69) is 39.0 Å². The molecule has 0 unspecified atom stereocenters. The van der Waals surface area contributed by atoms with Crippen LogP contribution in [0.4, 0.5) is 11.5 Å². The van der Waals surface area contributed by atoms with Crippen molar-refractivity contribution in [2.45, 2.75) is 37.7 Å². The quantitative estimate of drug-likeness (QED) is 0.611. The normalized spacial score (nSPS) is 21.6. The van der Waals surface area contributed by atoms with E-state index in [-0.39, 0.29) is 17.6 Å². The number of nitrogens with one attached hydrogen (secondary N) is 3. The summed E-state index contributed by atoms with van der Waals surface area (Å²) < 4.78 is 6.52. The number of pyridine rings is 1. The summed E-state index contributed by atoms with van der Waals surface area (Å²) in [5.41, 5.74) is 3.90. The molecule has 2 aromatic rings. The van der Waals surface area contributed by atoms with Crippen LogP contribution in [0.5, 0.6) is 5.75 Å². The van der Waals surface area contributed by atoms with Crippen LogP contribution in [0, 0.1) is 5.92 Å². The maximum absolute atomic E-state index is 13.0. The fraction of sp³-hybridized carbons (Fsp3) is 0.464. The number of hydrogen-bond donors (Lipinski definition) is 3. The van der Waals surface area contributed by atoms with E-state index in [9.17, 15) is 9.59 Å². The first-order valence-electron chi connectivity index (χ1n) is 13.0. The van der Waals surface area contributed by atoms with Crippen LogP contribution >= 0.6 is 0 Å². The molecule has 0 saturated carbocycles. The lowest BCUT2D eigenvalue weighted by molar-refractivity contribution is -0.121. The van der Waals surface area contributed by atoms with Gasteiger partial charge in [0.1, 0.15) is 17.2 Å². The lowest BCUT2D eigenvalue weighted by Crippen LogP contribution is -2.49. The molecule has 0 bridgehead atoms. The van der Waals surface area contributed by atoms with Gasteiger partial charge < -0.3 is 25.6 Å². The third-order valence-electron chi connectivity index (χ3n) is 8.03. The molecule has 3 N–H and O–H groups in total. The number of carbonyl (C=O) groups excluding carboxylic acids is 2. The minimum atomic E-state index is -0.401. The zero-order valence-electron chi connectivity index (χ0n) is 20.7. The molecule has 6 rings (SSSR count). The summed E-state index contributed by atoms with van der Waals surface area (Å²) in [5.74, 6) is 1.71. The number of carbonyl (C=O) groups is 2. The van der Waals surface area contributed by atoms with Crippen LogP contribution in [-0.2, 0) is 4.79 Å². The molecule has 1 aromatic carbocycles. The number of piperidine rings is 2. The maximum atomic E-state index is 13.0. The molecule has 1 aromatic heterocycles. The number of benzene rings is 1. The highest BCUT2D eigenvalue weighted by atomic mass is 16.5. The van der Waals surface area contributed by atoms with Crippen LogP contribution in [0.1, 0.15) is 53.6 Å². The molecule has 188 valence electrons. The highest BCUT2D eigenvalue weighted by Gasteiger charge is 2.41. The Morgan fingerprint density at radius 2 is 1.97 bits per heavy atom. The zero-order chi connectivity index (χ0) is 24.7. The largest absolute Gasteiger partial charge is 0.486 e. The number of ether oxygens (including phenoxy) is 1. The van der Waals surface area contributed by atoms with E-state index in [1.807, 2.05) is 24.3 Å². The summed E-state index contributed by atoms with van der Waals surface area (Å²) >= 11 is 0. The van der Waals surface area contributed by atoms with Gasteiger partial charge in [0.25, 0.3) is 0 Å². The lowest BCUT2D eigenvalue weighted by atomic mass is 9.82. The van der Waals surface area contributed by atoms with Gasteiger partial charge in [-0.25, -0.2) is 4.98 Å². The molecule has 1 amide bonds. The highest BCUT2D eigenvalue weighted by molar-refractivity contribution is 6.01. The predicted molar refractivity (Wildman–Crippen MR) is 140 cm³/mol. The minimum absolute atomic E-state index is 0.0306. The van der Waals surface area contributed by atoms with E-state index in [1.165, 1.54) is 0 Å².